The van der Waals surface area contributed by atoms with Crippen molar-refractivity contribution in [1.29, 1.82) is 0 Å². The van der Waals surface area contributed by atoms with E-state index in [0.717, 1.165) is 4.47 Å². The predicted molar refractivity (Wildman–Crippen MR) is 84.7 cm³/mol. The van der Waals surface area contributed by atoms with Crippen LogP contribution >= 0.6 is 15.9 Å². The summed E-state index contributed by atoms with van der Waals surface area (Å²) in [5.41, 5.74) is 0.383. The highest BCUT2D eigenvalue weighted by molar-refractivity contribution is 9.10. The zero-order valence-electron chi connectivity index (χ0n) is 11.2. The van der Waals surface area contributed by atoms with Gasteiger partial charge in [0, 0.05) is 10.2 Å². The van der Waals surface area contributed by atoms with Crippen LogP contribution in [0, 0.1) is 0 Å². The molecule has 3 rings (SSSR count). The van der Waals surface area contributed by atoms with Crippen LogP contribution in [0.25, 0.3) is 11.5 Å². The minimum Gasteiger partial charge on any atom is -0.463 e. The van der Waals surface area contributed by atoms with Crippen molar-refractivity contribution in [3.05, 3.63) is 69.4 Å². The fourth-order valence-corrected chi connectivity index (χ4v) is 2.30. The average Bonchev–Trinajstić information content (AvgIpc) is 3.01. The Kier molecular flexibility index (Phi) is 3.88. The van der Waals surface area contributed by atoms with E-state index in [1.165, 1.54) is 12.3 Å². The average molecular weight is 360 g/mol. The lowest BCUT2D eigenvalue weighted by Gasteiger charge is -2.05. The summed E-state index contributed by atoms with van der Waals surface area (Å²) in [5.74, 6) is -0.0204. The van der Waals surface area contributed by atoms with Crippen molar-refractivity contribution in [3.63, 3.8) is 0 Å². The molecule has 0 aliphatic heterocycles. The molecule has 22 heavy (non-hydrogen) atoms. The summed E-state index contributed by atoms with van der Waals surface area (Å²) < 4.78 is 6.04. The zero-order valence-corrected chi connectivity index (χ0v) is 12.8. The topological polar surface area (TPSA) is 88.0 Å². The van der Waals surface area contributed by atoms with Crippen molar-refractivity contribution in [1.82, 2.24) is 9.97 Å². The molecule has 0 spiro atoms. The summed E-state index contributed by atoms with van der Waals surface area (Å²) in [7, 11) is 0. The largest absolute Gasteiger partial charge is 0.463 e. The van der Waals surface area contributed by atoms with Gasteiger partial charge in [-0.3, -0.25) is 4.79 Å². The number of aromatic nitrogens is 2. The summed E-state index contributed by atoms with van der Waals surface area (Å²) in [6, 6.07) is 12.0. The third kappa shape index (κ3) is 3.15. The van der Waals surface area contributed by atoms with Gasteiger partial charge in [0.1, 0.15) is 11.5 Å². The Morgan fingerprint density at radius 2 is 2.09 bits per heavy atom. The maximum atomic E-state index is 12.2. The molecule has 0 radical (unpaired) electrons. The second-order valence-corrected chi connectivity index (χ2v) is 5.34. The predicted octanol–water partition coefficient (Wildman–Crippen LogP) is 3.04. The van der Waals surface area contributed by atoms with Crippen molar-refractivity contribution in [2.24, 2.45) is 0 Å². The van der Waals surface area contributed by atoms with Crippen LogP contribution in [0.3, 0.4) is 0 Å². The van der Waals surface area contributed by atoms with E-state index in [1.54, 1.807) is 30.3 Å². The molecule has 2 aromatic heterocycles. The molecule has 0 unspecified atom stereocenters. The fraction of sp³-hybridized carbons (Fsp3) is 0. The number of carbonyl (C=O) groups is 1. The number of nitrogens with one attached hydrogen (secondary N) is 2. The van der Waals surface area contributed by atoms with Gasteiger partial charge in [-0.25, -0.2) is 4.79 Å². The quantitative estimate of drug-likeness (QED) is 0.752. The minimum atomic E-state index is -0.617. The smallest absolute Gasteiger partial charge is 0.346 e. The first-order valence-electron chi connectivity index (χ1n) is 6.34. The van der Waals surface area contributed by atoms with Gasteiger partial charge in [0.2, 0.25) is 0 Å². The van der Waals surface area contributed by atoms with Crippen LogP contribution in [0.1, 0.15) is 10.5 Å². The van der Waals surface area contributed by atoms with Gasteiger partial charge < -0.3 is 14.7 Å². The van der Waals surface area contributed by atoms with Crippen molar-refractivity contribution in [3.8, 4) is 11.5 Å². The number of benzene rings is 1. The molecule has 1 aromatic carbocycles. The number of aromatic amines is 1. The number of nitrogens with zero attached hydrogens (tertiary/aromatic N) is 1. The number of furan rings is 1. The number of amides is 1. The molecule has 0 bridgehead atoms. The Bertz CT molecular complexity index is 872. The molecule has 1 amide bonds. The van der Waals surface area contributed by atoms with Crippen LogP contribution in [-0.4, -0.2) is 15.9 Å². The third-order valence-electron chi connectivity index (χ3n) is 2.85. The van der Waals surface area contributed by atoms with E-state index in [-0.39, 0.29) is 5.69 Å². The number of rotatable bonds is 3. The van der Waals surface area contributed by atoms with E-state index >= 15 is 0 Å². The molecule has 3 aromatic rings. The second-order valence-electron chi connectivity index (χ2n) is 4.43. The van der Waals surface area contributed by atoms with Crippen molar-refractivity contribution in [2.45, 2.75) is 0 Å². The lowest BCUT2D eigenvalue weighted by molar-refractivity contribution is 0.102. The molecule has 0 aliphatic rings. The van der Waals surface area contributed by atoms with E-state index in [4.69, 9.17) is 4.42 Å². The van der Waals surface area contributed by atoms with Crippen molar-refractivity contribution < 1.29 is 9.21 Å². The number of hydrogen-bond donors (Lipinski definition) is 2. The van der Waals surface area contributed by atoms with Gasteiger partial charge in [0.05, 0.1) is 12.0 Å². The molecule has 0 saturated carbocycles. The molecule has 0 fully saturated rings. The van der Waals surface area contributed by atoms with E-state index in [2.05, 4.69) is 31.2 Å². The van der Waals surface area contributed by atoms with E-state index in [9.17, 15) is 9.59 Å². The molecule has 0 aliphatic carbocycles. The van der Waals surface area contributed by atoms with Gasteiger partial charge in [0.15, 0.2) is 0 Å². The lowest BCUT2D eigenvalue weighted by atomic mass is 10.2. The molecule has 110 valence electrons. The summed E-state index contributed by atoms with van der Waals surface area (Å²) >= 11 is 3.32. The standard InChI is InChI=1S/C15H10BrN3O3/c16-9-3-1-4-10(7-9)17-14(20)12-8-11(18-15(21)19-12)13-5-2-6-22-13/h1-8H,(H,17,20)(H,18,19,21). The Morgan fingerprint density at radius 1 is 1.23 bits per heavy atom. The molecule has 7 heteroatoms. The Hall–Kier alpha value is -2.67. The highest BCUT2D eigenvalue weighted by atomic mass is 79.9. The Balaban J connectivity index is 1.91. The first-order chi connectivity index (χ1) is 10.6. The van der Waals surface area contributed by atoms with Crippen LogP contribution in [-0.2, 0) is 0 Å². The summed E-state index contributed by atoms with van der Waals surface area (Å²) in [6.45, 7) is 0. The minimum absolute atomic E-state index is 0.00938. The Labute approximate surface area is 133 Å². The molecule has 0 atom stereocenters. The van der Waals surface area contributed by atoms with Gasteiger partial charge in [0.25, 0.3) is 5.91 Å². The van der Waals surface area contributed by atoms with Gasteiger partial charge in [-0.05, 0) is 36.4 Å². The first kappa shape index (κ1) is 14.3. The molecular weight excluding hydrogens is 350 g/mol. The van der Waals surface area contributed by atoms with Crippen LogP contribution in [0.2, 0.25) is 0 Å². The van der Waals surface area contributed by atoms with Gasteiger partial charge in [-0.15, -0.1) is 0 Å². The number of carbonyl (C=O) groups excluding carboxylic acids is 1. The molecular formula is C15H10BrN3O3. The molecule has 0 saturated heterocycles. The third-order valence-corrected chi connectivity index (χ3v) is 3.34. The highest BCUT2D eigenvalue weighted by Gasteiger charge is 2.12. The number of hydrogen-bond acceptors (Lipinski definition) is 4. The van der Waals surface area contributed by atoms with Crippen LogP contribution < -0.4 is 11.0 Å². The number of H-pyrrole nitrogens is 1. The SMILES string of the molecule is O=C(Nc1cccc(Br)c1)c1cc(-c2ccco2)[nH]c(=O)n1. The summed E-state index contributed by atoms with van der Waals surface area (Å²) in [5, 5.41) is 2.68. The second kappa shape index (κ2) is 5.98. The molecule has 6 nitrogen and oxygen atoms in total. The number of halogens is 1. The first-order valence-corrected chi connectivity index (χ1v) is 7.13. The van der Waals surface area contributed by atoms with E-state index < -0.39 is 11.6 Å². The van der Waals surface area contributed by atoms with Gasteiger partial charge >= 0.3 is 5.69 Å². The highest BCUT2D eigenvalue weighted by Crippen LogP contribution is 2.18. The summed E-state index contributed by atoms with van der Waals surface area (Å²) in [4.78, 5) is 30.1. The monoisotopic (exact) mass is 359 g/mol. The van der Waals surface area contributed by atoms with Gasteiger partial charge in [-0.2, -0.15) is 4.98 Å². The maximum Gasteiger partial charge on any atom is 0.346 e. The zero-order chi connectivity index (χ0) is 15.5. The van der Waals surface area contributed by atoms with Crippen LogP contribution in [0.15, 0.2) is 62.4 Å². The molecule has 2 N–H and O–H groups in total. The lowest BCUT2D eigenvalue weighted by Crippen LogP contribution is -2.21. The normalized spacial score (nSPS) is 10.4. The molecule has 2 heterocycles. The van der Waals surface area contributed by atoms with Crippen LogP contribution in [0.4, 0.5) is 5.69 Å². The van der Waals surface area contributed by atoms with Crippen molar-refractivity contribution >= 4 is 27.5 Å². The fourth-order valence-electron chi connectivity index (χ4n) is 1.90. The van der Waals surface area contributed by atoms with Crippen molar-refractivity contribution in [2.75, 3.05) is 5.32 Å². The number of anilines is 1. The van der Waals surface area contributed by atoms with E-state index in [0.29, 0.717) is 17.1 Å². The van der Waals surface area contributed by atoms with Gasteiger partial charge in [-0.1, -0.05) is 22.0 Å². The Morgan fingerprint density at radius 3 is 2.82 bits per heavy atom. The maximum absolute atomic E-state index is 12.2. The van der Waals surface area contributed by atoms with E-state index in [1.807, 2.05) is 6.07 Å². The van der Waals surface area contributed by atoms with Crippen LogP contribution in [0.5, 0.6) is 0 Å². The summed E-state index contributed by atoms with van der Waals surface area (Å²) in [6.07, 6.45) is 1.48.